The molecule has 0 fully saturated rings. The lowest BCUT2D eigenvalue weighted by Gasteiger charge is -2.14. The Morgan fingerprint density at radius 2 is 1.70 bits per heavy atom. The number of rotatable bonds is 10. The number of benzene rings is 1. The Morgan fingerprint density at radius 1 is 1.09 bits per heavy atom. The van der Waals surface area contributed by atoms with Crippen molar-refractivity contribution < 1.29 is 23.1 Å². The Balaban J connectivity index is 2.46. The standard InChI is InChI=1S/C15H20NO6P/c1-3-20-23(19,21-4-2)22-13-7-5-6-8-14-9-11-15(12-10-14)16(17)18/h5-12H,3-4,13H2,1-2H3/b7-5+,8-6+. The van der Waals surface area contributed by atoms with Gasteiger partial charge in [0.1, 0.15) is 0 Å². The number of allylic oxidation sites excluding steroid dienone is 2. The molecule has 0 aliphatic rings. The van der Waals surface area contributed by atoms with Crippen LogP contribution < -0.4 is 0 Å². The van der Waals surface area contributed by atoms with Crippen LogP contribution in [-0.2, 0) is 18.1 Å². The van der Waals surface area contributed by atoms with E-state index in [9.17, 15) is 14.7 Å². The van der Waals surface area contributed by atoms with Gasteiger partial charge < -0.3 is 0 Å². The predicted molar refractivity (Wildman–Crippen MR) is 88.1 cm³/mol. The van der Waals surface area contributed by atoms with Crippen LogP contribution in [0.2, 0.25) is 0 Å². The molecule has 0 spiro atoms. The summed E-state index contributed by atoms with van der Waals surface area (Å²) in [7, 11) is -3.48. The van der Waals surface area contributed by atoms with Crippen molar-refractivity contribution in [3.8, 4) is 0 Å². The van der Waals surface area contributed by atoms with Gasteiger partial charge in [-0.15, -0.1) is 0 Å². The van der Waals surface area contributed by atoms with Gasteiger partial charge in [-0.1, -0.05) is 24.3 Å². The molecule has 0 N–H and O–H groups in total. The first-order chi connectivity index (χ1) is 11.0. The van der Waals surface area contributed by atoms with Crippen molar-refractivity contribution in [2.45, 2.75) is 13.8 Å². The molecule has 1 rings (SSSR count). The molecule has 0 heterocycles. The van der Waals surface area contributed by atoms with Crippen LogP contribution >= 0.6 is 7.82 Å². The largest absolute Gasteiger partial charge is 0.475 e. The summed E-state index contributed by atoms with van der Waals surface area (Å²) in [6, 6.07) is 6.18. The Kier molecular flexibility index (Phi) is 8.43. The molecule has 0 amide bonds. The van der Waals surface area contributed by atoms with E-state index >= 15 is 0 Å². The molecule has 0 bridgehead atoms. The van der Waals surface area contributed by atoms with Crippen molar-refractivity contribution in [3.63, 3.8) is 0 Å². The Labute approximate surface area is 135 Å². The lowest BCUT2D eigenvalue weighted by atomic mass is 10.2. The lowest BCUT2D eigenvalue weighted by molar-refractivity contribution is -0.384. The summed E-state index contributed by atoms with van der Waals surface area (Å²) in [6.45, 7) is 3.97. The smallest absolute Gasteiger partial charge is 0.287 e. The van der Waals surface area contributed by atoms with Crippen molar-refractivity contribution in [3.05, 3.63) is 58.2 Å². The van der Waals surface area contributed by atoms with Gasteiger partial charge in [0.25, 0.3) is 5.69 Å². The quantitative estimate of drug-likeness (QED) is 0.272. The van der Waals surface area contributed by atoms with Gasteiger partial charge in [-0.2, -0.15) is 0 Å². The summed E-state index contributed by atoms with van der Waals surface area (Å²) in [5.41, 5.74) is 0.879. The van der Waals surface area contributed by atoms with Crippen LogP contribution in [0.1, 0.15) is 19.4 Å². The molecular formula is C15H20NO6P. The normalized spacial score (nSPS) is 12.3. The molecule has 7 nitrogen and oxygen atoms in total. The molecule has 0 aliphatic carbocycles. The van der Waals surface area contributed by atoms with Gasteiger partial charge >= 0.3 is 7.82 Å². The van der Waals surface area contributed by atoms with E-state index < -0.39 is 12.7 Å². The van der Waals surface area contributed by atoms with E-state index in [-0.39, 0.29) is 25.5 Å². The second-order valence-electron chi connectivity index (χ2n) is 4.21. The predicted octanol–water partition coefficient (Wildman–Crippen LogP) is 4.36. The number of phosphoric ester groups is 1. The van der Waals surface area contributed by atoms with Crippen LogP contribution in [-0.4, -0.2) is 24.7 Å². The minimum absolute atomic E-state index is 0.0497. The van der Waals surface area contributed by atoms with Crippen LogP contribution in [0.3, 0.4) is 0 Å². The maximum Gasteiger partial charge on any atom is 0.475 e. The van der Waals surface area contributed by atoms with E-state index in [4.69, 9.17) is 13.6 Å². The first kappa shape index (κ1) is 19.3. The number of nitro groups is 1. The molecule has 1 aromatic rings. The SMILES string of the molecule is CCOP(=O)(OCC)OC/C=C/C=C/c1ccc([N+](=O)[O-])cc1. The third kappa shape index (κ3) is 7.34. The van der Waals surface area contributed by atoms with Gasteiger partial charge in [-0.05, 0) is 31.5 Å². The zero-order valence-corrected chi connectivity index (χ0v) is 14.0. The topological polar surface area (TPSA) is 87.9 Å². The van der Waals surface area contributed by atoms with Crippen molar-refractivity contribution in [1.82, 2.24) is 0 Å². The van der Waals surface area contributed by atoms with Crippen LogP contribution in [0.15, 0.2) is 42.5 Å². The number of nitro benzene ring substituents is 1. The zero-order chi connectivity index (χ0) is 17.1. The van der Waals surface area contributed by atoms with Gasteiger partial charge in [0.15, 0.2) is 0 Å². The fourth-order valence-corrected chi connectivity index (χ4v) is 2.69. The van der Waals surface area contributed by atoms with Crippen LogP contribution in [0, 0.1) is 10.1 Å². The highest BCUT2D eigenvalue weighted by Crippen LogP contribution is 2.49. The number of nitrogens with zero attached hydrogens (tertiary/aromatic N) is 1. The molecule has 23 heavy (non-hydrogen) atoms. The summed E-state index contributed by atoms with van der Waals surface area (Å²) in [6.07, 6.45) is 6.90. The number of hydrogen-bond donors (Lipinski definition) is 0. The zero-order valence-electron chi connectivity index (χ0n) is 13.1. The van der Waals surface area contributed by atoms with E-state index in [0.717, 1.165) is 5.56 Å². The molecule has 0 saturated heterocycles. The molecule has 0 aromatic heterocycles. The molecule has 0 unspecified atom stereocenters. The van der Waals surface area contributed by atoms with Crippen LogP contribution in [0.4, 0.5) is 5.69 Å². The summed E-state index contributed by atoms with van der Waals surface area (Å²) >= 11 is 0. The second kappa shape index (κ2) is 10.1. The average Bonchev–Trinajstić information content (AvgIpc) is 2.51. The molecule has 8 heteroatoms. The summed E-state index contributed by atoms with van der Waals surface area (Å²) in [4.78, 5) is 10.1. The minimum Gasteiger partial charge on any atom is -0.287 e. The maximum absolute atomic E-state index is 12.0. The fourth-order valence-electron chi connectivity index (χ4n) is 1.57. The lowest BCUT2D eigenvalue weighted by Crippen LogP contribution is -2.00. The third-order valence-corrected chi connectivity index (χ3v) is 4.16. The first-order valence-corrected chi connectivity index (χ1v) is 8.58. The van der Waals surface area contributed by atoms with Gasteiger partial charge in [0.05, 0.1) is 24.7 Å². The fraction of sp³-hybridized carbons (Fsp3) is 0.333. The van der Waals surface area contributed by atoms with Crippen molar-refractivity contribution in [2.75, 3.05) is 19.8 Å². The molecule has 0 radical (unpaired) electrons. The Morgan fingerprint density at radius 3 is 2.22 bits per heavy atom. The van der Waals surface area contributed by atoms with E-state index in [0.29, 0.717) is 0 Å². The van der Waals surface area contributed by atoms with Crippen molar-refractivity contribution >= 4 is 19.6 Å². The van der Waals surface area contributed by atoms with Crippen molar-refractivity contribution in [2.24, 2.45) is 0 Å². The third-order valence-electron chi connectivity index (χ3n) is 2.54. The molecule has 0 aliphatic heterocycles. The number of phosphoric acid groups is 1. The van der Waals surface area contributed by atoms with Gasteiger partial charge in [0, 0.05) is 12.1 Å². The van der Waals surface area contributed by atoms with E-state index in [1.165, 1.54) is 12.1 Å². The summed E-state index contributed by atoms with van der Waals surface area (Å²) in [5.74, 6) is 0. The first-order valence-electron chi connectivity index (χ1n) is 7.12. The Hall–Kier alpha value is -1.79. The molecular weight excluding hydrogens is 321 g/mol. The van der Waals surface area contributed by atoms with Crippen LogP contribution in [0.25, 0.3) is 6.08 Å². The summed E-state index contributed by atoms with van der Waals surface area (Å²) < 4.78 is 27.1. The van der Waals surface area contributed by atoms with Crippen molar-refractivity contribution in [1.29, 1.82) is 0 Å². The number of hydrogen-bond acceptors (Lipinski definition) is 6. The molecule has 1 aromatic carbocycles. The molecule has 0 saturated carbocycles. The minimum atomic E-state index is -3.48. The highest BCUT2D eigenvalue weighted by Gasteiger charge is 2.24. The van der Waals surface area contributed by atoms with Crippen LogP contribution in [0.5, 0.6) is 0 Å². The van der Waals surface area contributed by atoms with Gasteiger partial charge in [-0.25, -0.2) is 4.57 Å². The van der Waals surface area contributed by atoms with Gasteiger partial charge in [0.2, 0.25) is 0 Å². The Bertz CT molecular complexity index is 586. The summed E-state index contributed by atoms with van der Waals surface area (Å²) in [5, 5.41) is 10.5. The highest BCUT2D eigenvalue weighted by atomic mass is 31.2. The van der Waals surface area contributed by atoms with E-state index in [2.05, 4.69) is 0 Å². The highest BCUT2D eigenvalue weighted by molar-refractivity contribution is 7.48. The second-order valence-corrected chi connectivity index (χ2v) is 5.88. The maximum atomic E-state index is 12.0. The molecule has 126 valence electrons. The molecule has 0 atom stereocenters. The average molecular weight is 341 g/mol. The monoisotopic (exact) mass is 341 g/mol. The van der Waals surface area contributed by atoms with E-state index in [1.54, 1.807) is 50.3 Å². The van der Waals surface area contributed by atoms with E-state index in [1.807, 2.05) is 0 Å². The number of non-ortho nitro benzene ring substituents is 1. The van der Waals surface area contributed by atoms with Gasteiger partial charge in [-0.3, -0.25) is 23.7 Å².